The average Bonchev–Trinajstić information content (AvgIpc) is 2.20. The van der Waals surface area contributed by atoms with E-state index in [0.29, 0.717) is 0 Å². The van der Waals surface area contributed by atoms with Gasteiger partial charge >= 0.3 is 7.12 Å². The minimum absolute atomic E-state index is 0.102. The van der Waals surface area contributed by atoms with Crippen molar-refractivity contribution in [2.45, 2.75) is 6.92 Å². The van der Waals surface area contributed by atoms with Gasteiger partial charge in [-0.25, -0.2) is 4.39 Å². The average molecular weight is 223 g/mol. The first-order valence-electron chi connectivity index (χ1n) is 4.54. The summed E-state index contributed by atoms with van der Waals surface area (Å²) in [5.74, 6) is -1.08. The van der Waals surface area contributed by atoms with E-state index in [1.165, 1.54) is 13.0 Å². The molecule has 0 heterocycles. The molecule has 6 heteroatoms. The summed E-state index contributed by atoms with van der Waals surface area (Å²) in [4.78, 5) is 11.3. The van der Waals surface area contributed by atoms with Crippen molar-refractivity contribution in [3.8, 4) is 0 Å². The van der Waals surface area contributed by atoms with Crippen LogP contribution in [0.3, 0.4) is 0 Å². The Balaban J connectivity index is 3.04. The molecule has 4 nitrogen and oxygen atoms in total. The first kappa shape index (κ1) is 12.4. The second-order valence-electron chi connectivity index (χ2n) is 3.34. The predicted molar refractivity (Wildman–Crippen MR) is 59.7 cm³/mol. The number of anilines is 1. The monoisotopic (exact) mass is 223 g/mol. The Bertz CT molecular complexity index is 434. The standard InChI is InChI=1S/C10H11BFNO3/c1-6(2)10(14)13-9-4-3-7(12)5-8(9)11(15)16/h3-5,15-16H,1H2,2H3,(H,13,14). The number of carbonyl (C=O) groups excluding carboxylic acids is 1. The molecule has 0 fully saturated rings. The molecule has 1 amide bonds. The normalized spacial score (nSPS) is 9.75. The number of halogens is 1. The number of hydrogen-bond acceptors (Lipinski definition) is 3. The molecule has 0 atom stereocenters. The van der Waals surface area contributed by atoms with Crippen molar-refractivity contribution in [2.24, 2.45) is 0 Å². The van der Waals surface area contributed by atoms with Crippen molar-refractivity contribution < 1.29 is 19.2 Å². The molecule has 0 aromatic heterocycles. The summed E-state index contributed by atoms with van der Waals surface area (Å²) < 4.78 is 12.9. The van der Waals surface area contributed by atoms with Crippen LogP contribution >= 0.6 is 0 Å². The highest BCUT2D eigenvalue weighted by Gasteiger charge is 2.18. The fraction of sp³-hybridized carbons (Fsp3) is 0.100. The molecule has 0 spiro atoms. The molecule has 1 rings (SSSR count). The van der Waals surface area contributed by atoms with Crippen molar-refractivity contribution >= 4 is 24.2 Å². The van der Waals surface area contributed by atoms with E-state index in [1.807, 2.05) is 0 Å². The lowest BCUT2D eigenvalue weighted by Crippen LogP contribution is -2.34. The van der Waals surface area contributed by atoms with Crippen LogP contribution in [-0.2, 0) is 4.79 Å². The number of rotatable bonds is 3. The van der Waals surface area contributed by atoms with E-state index in [1.54, 1.807) is 0 Å². The van der Waals surface area contributed by atoms with Gasteiger partial charge in [0.05, 0.1) is 0 Å². The van der Waals surface area contributed by atoms with Crippen molar-refractivity contribution in [3.05, 3.63) is 36.2 Å². The number of nitrogens with one attached hydrogen (secondary N) is 1. The third-order valence-electron chi connectivity index (χ3n) is 1.93. The van der Waals surface area contributed by atoms with Crippen LogP contribution in [0, 0.1) is 5.82 Å². The number of benzene rings is 1. The summed E-state index contributed by atoms with van der Waals surface area (Å²) in [5, 5.41) is 20.4. The Morgan fingerprint density at radius 2 is 2.12 bits per heavy atom. The van der Waals surface area contributed by atoms with Gasteiger partial charge in [0.25, 0.3) is 5.91 Å². The summed E-state index contributed by atoms with van der Waals surface area (Å²) in [6, 6.07) is 3.31. The second-order valence-corrected chi connectivity index (χ2v) is 3.34. The van der Waals surface area contributed by atoms with Gasteiger partial charge < -0.3 is 15.4 Å². The van der Waals surface area contributed by atoms with Gasteiger partial charge in [0.1, 0.15) is 5.82 Å². The van der Waals surface area contributed by atoms with E-state index >= 15 is 0 Å². The molecular formula is C10H11BFNO3. The maximum Gasteiger partial charge on any atom is 0.490 e. The van der Waals surface area contributed by atoms with E-state index in [2.05, 4.69) is 11.9 Å². The number of hydrogen-bond donors (Lipinski definition) is 3. The molecule has 84 valence electrons. The van der Waals surface area contributed by atoms with E-state index in [4.69, 9.17) is 10.0 Å². The van der Waals surface area contributed by atoms with Gasteiger partial charge in [0.2, 0.25) is 0 Å². The van der Waals surface area contributed by atoms with Gasteiger partial charge in [0, 0.05) is 16.7 Å². The Kier molecular flexibility index (Phi) is 3.81. The van der Waals surface area contributed by atoms with Crippen LogP contribution in [0.1, 0.15) is 6.92 Å². The van der Waals surface area contributed by atoms with Gasteiger partial charge in [-0.05, 0) is 25.1 Å². The van der Waals surface area contributed by atoms with Gasteiger partial charge in [-0.3, -0.25) is 4.79 Å². The molecule has 0 aliphatic heterocycles. The van der Waals surface area contributed by atoms with Crippen molar-refractivity contribution in [2.75, 3.05) is 5.32 Å². The van der Waals surface area contributed by atoms with Crippen molar-refractivity contribution in [1.29, 1.82) is 0 Å². The van der Waals surface area contributed by atoms with Gasteiger partial charge in [0.15, 0.2) is 0 Å². The van der Waals surface area contributed by atoms with Crippen LogP contribution in [-0.4, -0.2) is 23.1 Å². The summed E-state index contributed by atoms with van der Waals surface area (Å²) in [6.45, 7) is 4.94. The predicted octanol–water partition coefficient (Wildman–Crippen LogP) is 0.0201. The van der Waals surface area contributed by atoms with Crippen LogP contribution in [0.4, 0.5) is 10.1 Å². The van der Waals surface area contributed by atoms with Crippen LogP contribution in [0.5, 0.6) is 0 Å². The highest BCUT2D eigenvalue weighted by molar-refractivity contribution is 6.60. The van der Waals surface area contributed by atoms with Gasteiger partial charge in [-0.2, -0.15) is 0 Å². The first-order chi connectivity index (χ1) is 7.41. The molecule has 16 heavy (non-hydrogen) atoms. The maximum absolute atomic E-state index is 12.9. The van der Waals surface area contributed by atoms with Crippen molar-refractivity contribution in [3.63, 3.8) is 0 Å². The highest BCUT2D eigenvalue weighted by Crippen LogP contribution is 2.08. The van der Waals surface area contributed by atoms with E-state index in [9.17, 15) is 9.18 Å². The van der Waals surface area contributed by atoms with E-state index < -0.39 is 18.8 Å². The topological polar surface area (TPSA) is 69.6 Å². The molecule has 3 N–H and O–H groups in total. The molecule has 0 unspecified atom stereocenters. The minimum atomic E-state index is -1.85. The Morgan fingerprint density at radius 1 is 1.50 bits per heavy atom. The Hall–Kier alpha value is -1.66. The lowest BCUT2D eigenvalue weighted by Gasteiger charge is -2.10. The fourth-order valence-corrected chi connectivity index (χ4v) is 1.09. The van der Waals surface area contributed by atoms with Crippen LogP contribution in [0.25, 0.3) is 0 Å². The third kappa shape index (κ3) is 2.92. The van der Waals surface area contributed by atoms with E-state index in [0.717, 1.165) is 12.1 Å². The molecule has 0 saturated carbocycles. The quantitative estimate of drug-likeness (QED) is 0.499. The molecule has 0 aliphatic rings. The zero-order valence-electron chi connectivity index (χ0n) is 8.70. The Morgan fingerprint density at radius 3 is 2.62 bits per heavy atom. The molecular weight excluding hydrogens is 212 g/mol. The SMILES string of the molecule is C=C(C)C(=O)Nc1ccc(F)cc1B(O)O. The molecule has 0 aliphatic carbocycles. The van der Waals surface area contributed by atoms with Crippen LogP contribution < -0.4 is 10.8 Å². The molecule has 0 saturated heterocycles. The third-order valence-corrected chi connectivity index (χ3v) is 1.93. The Labute approximate surface area is 92.6 Å². The zero-order valence-corrected chi connectivity index (χ0v) is 8.70. The van der Waals surface area contributed by atoms with Crippen LogP contribution in [0.2, 0.25) is 0 Å². The zero-order chi connectivity index (χ0) is 12.3. The minimum Gasteiger partial charge on any atom is -0.423 e. The molecule has 0 bridgehead atoms. The van der Waals surface area contributed by atoms with Crippen LogP contribution in [0.15, 0.2) is 30.4 Å². The largest absolute Gasteiger partial charge is 0.490 e. The van der Waals surface area contributed by atoms with Gasteiger partial charge in [-0.1, -0.05) is 6.58 Å². The second kappa shape index (κ2) is 4.91. The summed E-state index contributed by atoms with van der Waals surface area (Å²) in [7, 11) is -1.85. The fourth-order valence-electron chi connectivity index (χ4n) is 1.09. The number of amides is 1. The van der Waals surface area contributed by atoms with E-state index in [-0.39, 0.29) is 16.7 Å². The summed E-state index contributed by atoms with van der Waals surface area (Å²) >= 11 is 0. The molecule has 1 aromatic rings. The maximum atomic E-state index is 12.9. The summed E-state index contributed by atoms with van der Waals surface area (Å²) in [6.07, 6.45) is 0. The number of carbonyl (C=O) groups is 1. The highest BCUT2D eigenvalue weighted by atomic mass is 19.1. The van der Waals surface area contributed by atoms with Gasteiger partial charge in [-0.15, -0.1) is 0 Å². The molecule has 1 aromatic carbocycles. The summed E-state index contributed by atoms with van der Waals surface area (Å²) in [5.41, 5.74) is 0.307. The van der Waals surface area contributed by atoms with Crippen molar-refractivity contribution in [1.82, 2.24) is 0 Å². The lowest BCUT2D eigenvalue weighted by molar-refractivity contribution is -0.112. The first-order valence-corrected chi connectivity index (χ1v) is 4.54. The lowest BCUT2D eigenvalue weighted by atomic mass is 9.79. The molecule has 0 radical (unpaired) electrons. The smallest absolute Gasteiger partial charge is 0.423 e.